The molecule has 1 aliphatic carbocycles. The van der Waals surface area contributed by atoms with E-state index in [0.29, 0.717) is 6.42 Å². The predicted molar refractivity (Wildman–Crippen MR) is 55.8 cm³/mol. The topological polar surface area (TPSA) is 57.5 Å². The van der Waals surface area contributed by atoms with E-state index in [1.165, 1.54) is 12.1 Å². The van der Waals surface area contributed by atoms with E-state index in [1.807, 2.05) is 0 Å². The first-order valence-corrected chi connectivity index (χ1v) is 5.04. The number of carboxylic acid groups (broad SMARTS) is 1. The summed E-state index contributed by atoms with van der Waals surface area (Å²) in [5.74, 6) is -2.34. The Bertz CT molecular complexity index is 467. The number of phenols is 1. The normalized spacial score (nSPS) is 26.4. The lowest BCUT2D eigenvalue weighted by molar-refractivity contribution is -0.141. The Morgan fingerprint density at radius 1 is 1.44 bits per heavy atom. The number of hydrogen-bond acceptors (Lipinski definition) is 2. The summed E-state index contributed by atoms with van der Waals surface area (Å²) in [6, 6.07) is 4.01. The highest BCUT2D eigenvalue weighted by molar-refractivity contribution is 5.88. The molecule has 1 aromatic rings. The van der Waals surface area contributed by atoms with Crippen molar-refractivity contribution >= 4 is 5.97 Å². The third kappa shape index (κ3) is 1.16. The number of halogens is 1. The third-order valence-corrected chi connectivity index (χ3v) is 3.55. The fourth-order valence-corrected chi connectivity index (χ4v) is 2.42. The number of rotatable bonds is 2. The molecule has 1 saturated carbocycles. The minimum atomic E-state index is -1.15. The highest BCUT2D eigenvalue weighted by Crippen LogP contribution is 2.65. The van der Waals surface area contributed by atoms with Crippen LogP contribution < -0.4 is 0 Å². The van der Waals surface area contributed by atoms with Crippen LogP contribution in [0.5, 0.6) is 5.75 Å². The van der Waals surface area contributed by atoms with Crippen LogP contribution in [0.2, 0.25) is 0 Å². The van der Waals surface area contributed by atoms with E-state index in [2.05, 4.69) is 0 Å². The van der Waals surface area contributed by atoms with Crippen molar-refractivity contribution in [3.63, 3.8) is 0 Å². The van der Waals surface area contributed by atoms with Gasteiger partial charge in [0, 0.05) is 5.56 Å². The van der Waals surface area contributed by atoms with Crippen LogP contribution in [-0.2, 0) is 10.2 Å². The average Bonchev–Trinajstić information content (AvgIpc) is 2.75. The first-order chi connectivity index (χ1) is 7.33. The second kappa shape index (κ2) is 2.97. The highest BCUT2D eigenvalue weighted by atomic mass is 19.1. The van der Waals surface area contributed by atoms with Gasteiger partial charge in [0.05, 0.1) is 0 Å². The van der Waals surface area contributed by atoms with Crippen LogP contribution >= 0.6 is 0 Å². The fraction of sp³-hybridized carbons (Fsp3) is 0.417. The van der Waals surface area contributed by atoms with Gasteiger partial charge >= 0.3 is 5.97 Å². The van der Waals surface area contributed by atoms with E-state index in [1.54, 1.807) is 13.8 Å². The van der Waals surface area contributed by atoms with Crippen molar-refractivity contribution in [2.24, 2.45) is 5.41 Å². The number of para-hydroxylation sites is 1. The maximum absolute atomic E-state index is 13.2. The van der Waals surface area contributed by atoms with Crippen molar-refractivity contribution in [3.8, 4) is 5.75 Å². The van der Waals surface area contributed by atoms with Gasteiger partial charge in [-0.3, -0.25) is 4.79 Å². The molecular formula is C12H13FO3. The van der Waals surface area contributed by atoms with Crippen LogP contribution in [0.4, 0.5) is 4.39 Å². The van der Waals surface area contributed by atoms with E-state index in [0.717, 1.165) is 6.07 Å². The molecule has 1 fully saturated rings. The van der Waals surface area contributed by atoms with Crippen molar-refractivity contribution in [2.45, 2.75) is 25.7 Å². The molecule has 16 heavy (non-hydrogen) atoms. The first-order valence-electron chi connectivity index (χ1n) is 5.04. The summed E-state index contributed by atoms with van der Waals surface area (Å²) in [5.41, 5.74) is -1.44. The third-order valence-electron chi connectivity index (χ3n) is 3.55. The summed E-state index contributed by atoms with van der Waals surface area (Å²) in [4.78, 5) is 11.3. The van der Waals surface area contributed by atoms with Crippen LogP contribution in [0, 0.1) is 11.2 Å². The Morgan fingerprint density at radius 2 is 2.00 bits per heavy atom. The number of carboxylic acids is 1. The molecule has 4 heteroatoms. The molecule has 0 saturated heterocycles. The Labute approximate surface area is 92.5 Å². The highest BCUT2D eigenvalue weighted by Gasteiger charge is 2.68. The predicted octanol–water partition coefficient (Wildman–Crippen LogP) is 2.28. The largest absolute Gasteiger partial charge is 0.505 e. The zero-order chi connectivity index (χ0) is 12.1. The van der Waals surface area contributed by atoms with Crippen molar-refractivity contribution < 1.29 is 19.4 Å². The lowest BCUT2D eigenvalue weighted by Crippen LogP contribution is -2.25. The van der Waals surface area contributed by atoms with Crippen molar-refractivity contribution in [1.82, 2.24) is 0 Å². The van der Waals surface area contributed by atoms with E-state index in [9.17, 15) is 19.4 Å². The smallest absolute Gasteiger partial charge is 0.314 e. The molecule has 0 aromatic heterocycles. The molecule has 0 heterocycles. The number of aromatic hydroxyl groups is 1. The summed E-state index contributed by atoms with van der Waals surface area (Å²) in [5, 5.41) is 18.9. The molecule has 0 aliphatic heterocycles. The summed E-state index contributed by atoms with van der Waals surface area (Å²) in [7, 11) is 0. The SMILES string of the molecule is CC1(C)CC1(C(=O)O)c1cccc(F)c1O. The van der Waals surface area contributed by atoms with Gasteiger partial charge in [0.25, 0.3) is 0 Å². The zero-order valence-corrected chi connectivity index (χ0v) is 9.12. The summed E-state index contributed by atoms with van der Waals surface area (Å²) in [6.45, 7) is 3.59. The number of carbonyl (C=O) groups is 1. The number of benzene rings is 1. The van der Waals surface area contributed by atoms with Crippen LogP contribution in [-0.4, -0.2) is 16.2 Å². The molecule has 2 N–H and O–H groups in total. The van der Waals surface area contributed by atoms with Gasteiger partial charge < -0.3 is 10.2 Å². The maximum atomic E-state index is 13.2. The van der Waals surface area contributed by atoms with Crippen LogP contribution in [0.1, 0.15) is 25.8 Å². The lowest BCUT2D eigenvalue weighted by atomic mass is 9.87. The van der Waals surface area contributed by atoms with Crippen LogP contribution in [0.3, 0.4) is 0 Å². The van der Waals surface area contributed by atoms with Gasteiger partial charge in [-0.2, -0.15) is 0 Å². The lowest BCUT2D eigenvalue weighted by Gasteiger charge is -2.17. The quantitative estimate of drug-likeness (QED) is 0.810. The van der Waals surface area contributed by atoms with E-state index in [4.69, 9.17) is 0 Å². The van der Waals surface area contributed by atoms with Crippen LogP contribution in [0.25, 0.3) is 0 Å². The van der Waals surface area contributed by atoms with Crippen molar-refractivity contribution in [2.75, 3.05) is 0 Å². The van der Waals surface area contributed by atoms with E-state index in [-0.39, 0.29) is 5.56 Å². The molecule has 86 valence electrons. The maximum Gasteiger partial charge on any atom is 0.314 e. The zero-order valence-electron chi connectivity index (χ0n) is 9.12. The number of phenolic OH excluding ortho intramolecular Hbond substituents is 1. The second-order valence-electron chi connectivity index (χ2n) is 4.91. The molecular weight excluding hydrogens is 211 g/mol. The molecule has 1 aromatic carbocycles. The minimum Gasteiger partial charge on any atom is -0.505 e. The Balaban J connectivity index is 2.60. The Kier molecular flexibility index (Phi) is 2.02. The van der Waals surface area contributed by atoms with Gasteiger partial charge in [-0.1, -0.05) is 26.0 Å². The van der Waals surface area contributed by atoms with Crippen molar-refractivity contribution in [1.29, 1.82) is 0 Å². The molecule has 0 spiro atoms. The average molecular weight is 224 g/mol. The molecule has 1 aliphatic rings. The molecule has 1 unspecified atom stereocenters. The molecule has 2 rings (SSSR count). The van der Waals surface area contributed by atoms with E-state index < -0.39 is 28.4 Å². The molecule has 1 atom stereocenters. The van der Waals surface area contributed by atoms with Gasteiger partial charge in [0.2, 0.25) is 0 Å². The molecule has 0 radical (unpaired) electrons. The van der Waals surface area contributed by atoms with E-state index >= 15 is 0 Å². The van der Waals surface area contributed by atoms with Gasteiger partial charge in [0.1, 0.15) is 5.41 Å². The summed E-state index contributed by atoms with van der Waals surface area (Å²) in [6.07, 6.45) is 0.409. The summed E-state index contributed by atoms with van der Waals surface area (Å²) >= 11 is 0. The standard InChI is InChI=1S/C12H13FO3/c1-11(2)6-12(11,10(15)16)7-4-3-5-8(13)9(7)14/h3-5,14H,6H2,1-2H3,(H,15,16). The fourth-order valence-electron chi connectivity index (χ4n) is 2.42. The van der Waals surface area contributed by atoms with Gasteiger partial charge in [-0.25, -0.2) is 4.39 Å². The van der Waals surface area contributed by atoms with Gasteiger partial charge in [-0.15, -0.1) is 0 Å². The molecule has 0 amide bonds. The number of aliphatic carboxylic acids is 1. The van der Waals surface area contributed by atoms with Crippen molar-refractivity contribution in [3.05, 3.63) is 29.6 Å². The monoisotopic (exact) mass is 224 g/mol. The Hall–Kier alpha value is -1.58. The van der Waals surface area contributed by atoms with Gasteiger partial charge in [0.15, 0.2) is 11.6 Å². The molecule has 3 nitrogen and oxygen atoms in total. The first kappa shape index (κ1) is 10.9. The second-order valence-corrected chi connectivity index (χ2v) is 4.91. The van der Waals surface area contributed by atoms with Crippen LogP contribution in [0.15, 0.2) is 18.2 Å². The summed E-state index contributed by atoms with van der Waals surface area (Å²) < 4.78 is 13.2. The Morgan fingerprint density at radius 3 is 2.44 bits per heavy atom. The number of hydrogen-bond donors (Lipinski definition) is 2. The molecule has 0 bridgehead atoms. The minimum absolute atomic E-state index is 0.171. The van der Waals surface area contributed by atoms with Gasteiger partial charge in [-0.05, 0) is 17.9 Å².